The molecule has 0 unspecified atom stereocenters. The average molecular weight is 263 g/mol. The van der Waals surface area contributed by atoms with E-state index in [1.807, 2.05) is 13.0 Å². The van der Waals surface area contributed by atoms with Crippen LogP contribution in [0.15, 0.2) is 6.07 Å². The van der Waals surface area contributed by atoms with Crippen LogP contribution in [0.2, 0.25) is 0 Å². The third-order valence-corrected chi connectivity index (χ3v) is 3.86. The Labute approximate surface area is 115 Å². The molecule has 3 heteroatoms. The van der Waals surface area contributed by atoms with Crippen LogP contribution in [0.5, 0.6) is 0 Å². The maximum Gasteiger partial charge on any atom is 0.354 e. The third-order valence-electron chi connectivity index (χ3n) is 3.86. The zero-order valence-electron chi connectivity index (χ0n) is 12.0. The smallest absolute Gasteiger partial charge is 0.354 e. The van der Waals surface area contributed by atoms with Gasteiger partial charge in [-0.1, -0.05) is 32.1 Å². The summed E-state index contributed by atoms with van der Waals surface area (Å²) in [6, 6.07) is 2.01. The largest absolute Gasteiger partial charge is 0.461 e. The van der Waals surface area contributed by atoms with E-state index in [1.165, 1.54) is 56.2 Å². The van der Waals surface area contributed by atoms with Gasteiger partial charge in [-0.2, -0.15) is 0 Å². The van der Waals surface area contributed by atoms with Crippen LogP contribution in [0, 0.1) is 0 Å². The minimum Gasteiger partial charge on any atom is -0.461 e. The second-order valence-electron chi connectivity index (χ2n) is 5.38. The first-order valence-electron chi connectivity index (χ1n) is 7.69. The lowest BCUT2D eigenvalue weighted by atomic mass is 10.1. The quantitative estimate of drug-likeness (QED) is 0.819. The Morgan fingerprint density at radius 2 is 1.74 bits per heavy atom. The van der Waals surface area contributed by atoms with Crippen molar-refractivity contribution < 1.29 is 9.53 Å². The van der Waals surface area contributed by atoms with E-state index in [4.69, 9.17) is 4.74 Å². The molecule has 1 aliphatic carbocycles. The van der Waals surface area contributed by atoms with Crippen LogP contribution >= 0.6 is 0 Å². The SMILES string of the molecule is CCOC(=O)c1cc2c([nH]1)CCCCCCCCC2. The van der Waals surface area contributed by atoms with Gasteiger partial charge >= 0.3 is 5.97 Å². The number of hydrogen-bond donors (Lipinski definition) is 1. The molecule has 0 saturated carbocycles. The molecule has 0 fully saturated rings. The number of aryl methyl sites for hydroxylation is 2. The van der Waals surface area contributed by atoms with Crippen LogP contribution in [0.1, 0.15) is 73.6 Å². The molecule has 0 aliphatic heterocycles. The Bertz CT molecular complexity index is 381. The first-order valence-corrected chi connectivity index (χ1v) is 7.69. The van der Waals surface area contributed by atoms with Crippen molar-refractivity contribution in [2.24, 2.45) is 0 Å². The number of carbonyl (C=O) groups is 1. The van der Waals surface area contributed by atoms with Crippen molar-refractivity contribution >= 4 is 5.97 Å². The Balaban J connectivity index is 2.09. The summed E-state index contributed by atoms with van der Waals surface area (Å²) in [6.45, 7) is 2.27. The summed E-state index contributed by atoms with van der Waals surface area (Å²) in [7, 11) is 0. The van der Waals surface area contributed by atoms with Gasteiger partial charge in [0, 0.05) is 5.69 Å². The molecule has 0 bridgehead atoms. The predicted octanol–water partition coefficient (Wildman–Crippen LogP) is 4.02. The molecule has 1 aliphatic rings. The summed E-state index contributed by atoms with van der Waals surface area (Å²) >= 11 is 0. The van der Waals surface area contributed by atoms with E-state index in [0.717, 1.165) is 12.8 Å². The number of carbonyl (C=O) groups excluding carboxylic acids is 1. The third kappa shape index (κ3) is 4.12. The van der Waals surface area contributed by atoms with Crippen molar-refractivity contribution in [3.8, 4) is 0 Å². The minimum absolute atomic E-state index is 0.220. The minimum atomic E-state index is -0.220. The lowest BCUT2D eigenvalue weighted by molar-refractivity contribution is 0.0520. The van der Waals surface area contributed by atoms with Gasteiger partial charge in [-0.15, -0.1) is 0 Å². The molecule has 19 heavy (non-hydrogen) atoms. The van der Waals surface area contributed by atoms with Crippen LogP contribution in [0.4, 0.5) is 0 Å². The highest BCUT2D eigenvalue weighted by Crippen LogP contribution is 2.20. The van der Waals surface area contributed by atoms with Gasteiger partial charge in [-0.25, -0.2) is 4.79 Å². The number of ether oxygens (including phenoxy) is 1. The molecule has 0 aromatic carbocycles. The number of nitrogens with one attached hydrogen (secondary N) is 1. The number of aromatic nitrogens is 1. The fraction of sp³-hybridized carbons (Fsp3) is 0.688. The number of esters is 1. The van der Waals surface area contributed by atoms with Crippen LogP contribution in [-0.4, -0.2) is 17.6 Å². The van der Waals surface area contributed by atoms with E-state index >= 15 is 0 Å². The molecular weight excluding hydrogens is 238 g/mol. The number of H-pyrrole nitrogens is 1. The standard InChI is InChI=1S/C16H25NO2/c1-2-19-16(18)15-12-13-10-8-6-4-3-5-7-9-11-14(13)17-15/h12,17H,2-11H2,1H3. The number of rotatable bonds is 2. The maximum atomic E-state index is 11.8. The van der Waals surface area contributed by atoms with Crippen LogP contribution in [-0.2, 0) is 17.6 Å². The average Bonchev–Trinajstić information content (AvgIpc) is 2.78. The van der Waals surface area contributed by atoms with Crippen molar-refractivity contribution in [3.05, 3.63) is 23.0 Å². The highest BCUT2D eigenvalue weighted by atomic mass is 16.5. The molecule has 1 aromatic rings. The molecule has 1 aromatic heterocycles. The predicted molar refractivity (Wildman–Crippen MR) is 76.5 cm³/mol. The molecule has 0 amide bonds. The second-order valence-corrected chi connectivity index (χ2v) is 5.38. The van der Waals surface area contributed by atoms with E-state index in [0.29, 0.717) is 12.3 Å². The van der Waals surface area contributed by atoms with Crippen LogP contribution in [0.25, 0.3) is 0 Å². The molecule has 1 heterocycles. The molecule has 0 radical (unpaired) electrons. The van der Waals surface area contributed by atoms with Gasteiger partial charge in [-0.05, 0) is 44.2 Å². The lowest BCUT2D eigenvalue weighted by Crippen LogP contribution is -2.05. The van der Waals surface area contributed by atoms with Crippen molar-refractivity contribution in [3.63, 3.8) is 0 Å². The van der Waals surface area contributed by atoms with Gasteiger partial charge in [0.1, 0.15) is 5.69 Å². The van der Waals surface area contributed by atoms with Gasteiger partial charge in [-0.3, -0.25) is 0 Å². The van der Waals surface area contributed by atoms with Gasteiger partial charge in [0.15, 0.2) is 0 Å². The van der Waals surface area contributed by atoms with Gasteiger partial charge in [0.05, 0.1) is 6.61 Å². The summed E-state index contributed by atoms with van der Waals surface area (Å²) in [4.78, 5) is 15.1. The topological polar surface area (TPSA) is 42.1 Å². The lowest BCUT2D eigenvalue weighted by Gasteiger charge is -2.02. The van der Waals surface area contributed by atoms with Crippen molar-refractivity contribution in [2.75, 3.05) is 6.61 Å². The summed E-state index contributed by atoms with van der Waals surface area (Å²) in [6.07, 6.45) is 11.3. The Morgan fingerprint density at radius 3 is 2.42 bits per heavy atom. The van der Waals surface area contributed by atoms with Gasteiger partial charge in [0.2, 0.25) is 0 Å². The first-order chi connectivity index (χ1) is 9.31. The highest BCUT2D eigenvalue weighted by molar-refractivity contribution is 5.87. The fourth-order valence-electron chi connectivity index (χ4n) is 2.81. The molecule has 2 rings (SSSR count). The Morgan fingerprint density at radius 1 is 1.11 bits per heavy atom. The number of hydrogen-bond acceptors (Lipinski definition) is 2. The maximum absolute atomic E-state index is 11.8. The second kappa shape index (κ2) is 7.37. The van der Waals surface area contributed by atoms with E-state index in [2.05, 4.69) is 4.98 Å². The van der Waals surface area contributed by atoms with E-state index in [-0.39, 0.29) is 5.97 Å². The van der Waals surface area contributed by atoms with E-state index < -0.39 is 0 Å². The first kappa shape index (κ1) is 14.2. The molecule has 0 spiro atoms. The summed E-state index contributed by atoms with van der Waals surface area (Å²) in [5.74, 6) is -0.220. The van der Waals surface area contributed by atoms with Crippen molar-refractivity contribution in [2.45, 2.75) is 64.7 Å². The molecular formula is C16H25NO2. The zero-order valence-corrected chi connectivity index (χ0v) is 12.0. The summed E-state index contributed by atoms with van der Waals surface area (Å²) in [5, 5.41) is 0. The monoisotopic (exact) mass is 263 g/mol. The molecule has 0 saturated heterocycles. The summed E-state index contributed by atoms with van der Waals surface area (Å²) in [5.41, 5.74) is 3.21. The molecule has 106 valence electrons. The van der Waals surface area contributed by atoms with Gasteiger partial charge < -0.3 is 9.72 Å². The highest BCUT2D eigenvalue weighted by Gasteiger charge is 2.14. The van der Waals surface area contributed by atoms with E-state index in [1.54, 1.807) is 0 Å². The Kier molecular flexibility index (Phi) is 5.49. The van der Waals surface area contributed by atoms with Crippen LogP contribution in [0.3, 0.4) is 0 Å². The van der Waals surface area contributed by atoms with Crippen molar-refractivity contribution in [1.82, 2.24) is 4.98 Å². The fourth-order valence-corrected chi connectivity index (χ4v) is 2.81. The number of fused-ring (bicyclic) bond motifs is 1. The van der Waals surface area contributed by atoms with Crippen LogP contribution < -0.4 is 0 Å². The summed E-state index contributed by atoms with van der Waals surface area (Å²) < 4.78 is 5.07. The normalized spacial score (nSPS) is 17.3. The zero-order chi connectivity index (χ0) is 13.5. The number of aromatic amines is 1. The van der Waals surface area contributed by atoms with Gasteiger partial charge in [0.25, 0.3) is 0 Å². The van der Waals surface area contributed by atoms with E-state index in [9.17, 15) is 4.79 Å². The van der Waals surface area contributed by atoms with Crippen molar-refractivity contribution in [1.29, 1.82) is 0 Å². The molecule has 0 atom stereocenters. The molecule has 1 N–H and O–H groups in total. The Hall–Kier alpha value is -1.25. The molecule has 3 nitrogen and oxygen atoms in total.